The molecule has 0 heterocycles. The minimum absolute atomic E-state index is 0.0380. The van der Waals surface area contributed by atoms with Crippen molar-refractivity contribution in [2.24, 2.45) is 10.4 Å². The lowest BCUT2D eigenvalue weighted by atomic mass is 9.84. The van der Waals surface area contributed by atoms with Crippen molar-refractivity contribution in [3.8, 4) is 0 Å². The second-order valence-corrected chi connectivity index (χ2v) is 7.96. The number of nitrogens with one attached hydrogen (secondary N) is 3. The summed E-state index contributed by atoms with van der Waals surface area (Å²) in [5.74, 6) is 0.915. The molecule has 0 saturated heterocycles. The Morgan fingerprint density at radius 3 is 2.31 bits per heavy atom. The zero-order chi connectivity index (χ0) is 21.3. The van der Waals surface area contributed by atoms with Gasteiger partial charge in [-0.1, -0.05) is 31.9 Å². The van der Waals surface area contributed by atoms with Crippen molar-refractivity contribution in [3.05, 3.63) is 29.8 Å². The summed E-state index contributed by atoms with van der Waals surface area (Å²) < 4.78 is 0. The molecule has 29 heavy (non-hydrogen) atoms. The van der Waals surface area contributed by atoms with E-state index in [9.17, 15) is 9.59 Å². The highest BCUT2D eigenvalue weighted by Crippen LogP contribution is 2.38. The Morgan fingerprint density at radius 1 is 1.10 bits per heavy atom. The molecular formula is C22H35N5O2. The number of benzene rings is 1. The van der Waals surface area contributed by atoms with Gasteiger partial charge in [-0.15, -0.1) is 0 Å². The number of carbonyl (C=O) groups is 2. The Bertz CT molecular complexity index is 706. The van der Waals surface area contributed by atoms with Gasteiger partial charge in [-0.2, -0.15) is 0 Å². The fraction of sp³-hybridized carbons (Fsp3) is 0.591. The van der Waals surface area contributed by atoms with Crippen molar-refractivity contribution in [2.75, 3.05) is 33.0 Å². The van der Waals surface area contributed by atoms with E-state index < -0.39 is 0 Å². The zero-order valence-electron chi connectivity index (χ0n) is 18.2. The highest BCUT2D eigenvalue weighted by atomic mass is 16.2. The third kappa shape index (κ3) is 6.48. The summed E-state index contributed by atoms with van der Waals surface area (Å²) in [4.78, 5) is 30.4. The lowest BCUT2D eigenvalue weighted by molar-refractivity contribution is -0.138. The van der Waals surface area contributed by atoms with Gasteiger partial charge in [0.2, 0.25) is 11.8 Å². The van der Waals surface area contributed by atoms with Gasteiger partial charge in [-0.25, -0.2) is 0 Å². The topological polar surface area (TPSA) is 85.8 Å². The molecule has 7 nitrogen and oxygen atoms in total. The maximum atomic E-state index is 12.7. The quantitative estimate of drug-likeness (QED) is 0.462. The minimum Gasteiger partial charge on any atom is -0.355 e. The standard InChI is InChI=1S/C22H35N5O2/c1-5-8-19(28)26-18-11-9-17(10-12-18)15-24-21(23-2)25-16-22(13-6-7-14-22)20(29)27(3)4/h9-12H,5-8,13-16H2,1-4H3,(H,26,28)(H2,23,24,25). The normalized spacial score (nSPS) is 15.7. The van der Waals surface area contributed by atoms with Crippen LogP contribution in [-0.4, -0.2) is 50.4 Å². The molecule has 0 atom stereocenters. The molecule has 1 fully saturated rings. The van der Waals surface area contributed by atoms with E-state index in [1.807, 2.05) is 45.3 Å². The van der Waals surface area contributed by atoms with Crippen molar-refractivity contribution in [1.82, 2.24) is 15.5 Å². The van der Waals surface area contributed by atoms with Gasteiger partial charge in [-0.3, -0.25) is 14.6 Å². The maximum absolute atomic E-state index is 12.7. The predicted molar refractivity (Wildman–Crippen MR) is 118 cm³/mol. The fourth-order valence-electron chi connectivity index (χ4n) is 3.81. The molecule has 0 aromatic heterocycles. The van der Waals surface area contributed by atoms with Crippen molar-refractivity contribution >= 4 is 23.5 Å². The van der Waals surface area contributed by atoms with E-state index in [2.05, 4.69) is 20.9 Å². The molecule has 7 heteroatoms. The van der Waals surface area contributed by atoms with Crippen LogP contribution in [0.4, 0.5) is 5.69 Å². The number of hydrogen-bond donors (Lipinski definition) is 3. The van der Waals surface area contributed by atoms with Gasteiger partial charge in [0.25, 0.3) is 0 Å². The van der Waals surface area contributed by atoms with E-state index >= 15 is 0 Å². The smallest absolute Gasteiger partial charge is 0.230 e. The summed E-state index contributed by atoms with van der Waals surface area (Å²) >= 11 is 0. The first-order valence-electron chi connectivity index (χ1n) is 10.5. The van der Waals surface area contributed by atoms with Gasteiger partial charge in [-0.05, 0) is 37.0 Å². The molecule has 0 bridgehead atoms. The van der Waals surface area contributed by atoms with Crippen LogP contribution < -0.4 is 16.0 Å². The minimum atomic E-state index is -0.334. The first-order valence-corrected chi connectivity index (χ1v) is 10.5. The number of carbonyl (C=O) groups excluding carboxylic acids is 2. The van der Waals surface area contributed by atoms with E-state index in [1.165, 1.54) is 0 Å². The number of anilines is 1. The summed E-state index contributed by atoms with van der Waals surface area (Å²) in [6, 6.07) is 7.78. The Morgan fingerprint density at radius 2 is 1.76 bits per heavy atom. The van der Waals surface area contributed by atoms with Crippen LogP contribution in [-0.2, 0) is 16.1 Å². The maximum Gasteiger partial charge on any atom is 0.230 e. The SMILES string of the molecule is CCCC(=O)Nc1ccc(CNC(=NC)NCC2(C(=O)N(C)C)CCCC2)cc1. The fourth-order valence-corrected chi connectivity index (χ4v) is 3.81. The van der Waals surface area contributed by atoms with E-state index in [0.29, 0.717) is 25.5 Å². The highest BCUT2D eigenvalue weighted by molar-refractivity contribution is 5.90. The molecule has 2 amide bonds. The molecule has 0 radical (unpaired) electrons. The Hall–Kier alpha value is -2.57. The Kier molecular flexibility index (Phi) is 8.49. The molecule has 1 saturated carbocycles. The zero-order valence-corrected chi connectivity index (χ0v) is 18.2. The van der Waals surface area contributed by atoms with Crippen LogP contribution in [0.2, 0.25) is 0 Å². The summed E-state index contributed by atoms with van der Waals surface area (Å²) in [5, 5.41) is 9.54. The molecule has 2 rings (SSSR count). The van der Waals surface area contributed by atoms with E-state index in [1.54, 1.807) is 11.9 Å². The van der Waals surface area contributed by atoms with Gasteiger partial charge in [0.1, 0.15) is 0 Å². The number of guanidine groups is 1. The number of nitrogens with zero attached hydrogens (tertiary/aromatic N) is 2. The van der Waals surface area contributed by atoms with Crippen LogP contribution in [0, 0.1) is 5.41 Å². The molecule has 1 aliphatic rings. The Labute approximate surface area is 174 Å². The van der Waals surface area contributed by atoms with Crippen LogP contribution in [0.5, 0.6) is 0 Å². The van der Waals surface area contributed by atoms with Gasteiger partial charge in [0.15, 0.2) is 5.96 Å². The van der Waals surface area contributed by atoms with Gasteiger partial charge >= 0.3 is 0 Å². The number of hydrogen-bond acceptors (Lipinski definition) is 3. The van der Waals surface area contributed by atoms with Gasteiger partial charge in [0.05, 0.1) is 5.41 Å². The van der Waals surface area contributed by atoms with Crippen molar-refractivity contribution < 1.29 is 9.59 Å². The molecular weight excluding hydrogens is 366 g/mol. The van der Waals surface area contributed by atoms with Crippen LogP contribution in [0.15, 0.2) is 29.3 Å². The van der Waals surface area contributed by atoms with Crippen molar-refractivity contribution in [3.63, 3.8) is 0 Å². The lowest BCUT2D eigenvalue weighted by Crippen LogP contribution is -2.49. The first-order chi connectivity index (χ1) is 13.9. The number of amides is 2. The second-order valence-electron chi connectivity index (χ2n) is 7.96. The van der Waals surface area contributed by atoms with Crippen molar-refractivity contribution in [2.45, 2.75) is 52.0 Å². The van der Waals surface area contributed by atoms with E-state index in [-0.39, 0.29) is 17.2 Å². The van der Waals surface area contributed by atoms with Gasteiger partial charge < -0.3 is 20.9 Å². The van der Waals surface area contributed by atoms with Gasteiger partial charge in [0, 0.05) is 46.3 Å². The lowest BCUT2D eigenvalue weighted by Gasteiger charge is -2.31. The predicted octanol–water partition coefficient (Wildman–Crippen LogP) is 2.74. The monoisotopic (exact) mass is 401 g/mol. The first kappa shape index (κ1) is 22.7. The van der Waals surface area contributed by atoms with Crippen LogP contribution in [0.3, 0.4) is 0 Å². The Balaban J connectivity index is 1.87. The largest absolute Gasteiger partial charge is 0.355 e. The number of rotatable bonds is 8. The number of aliphatic imine (C=N–C) groups is 1. The molecule has 0 unspecified atom stereocenters. The van der Waals surface area contributed by atoms with Crippen LogP contribution in [0.1, 0.15) is 51.0 Å². The summed E-state index contributed by atoms with van der Waals surface area (Å²) in [5.41, 5.74) is 1.56. The molecule has 0 aliphatic heterocycles. The molecule has 1 aromatic carbocycles. The van der Waals surface area contributed by atoms with E-state index in [4.69, 9.17) is 0 Å². The molecule has 3 N–H and O–H groups in total. The summed E-state index contributed by atoms with van der Waals surface area (Å²) in [6.07, 6.45) is 5.38. The molecule has 0 spiro atoms. The average Bonchev–Trinajstić information content (AvgIpc) is 3.19. The molecule has 1 aliphatic carbocycles. The van der Waals surface area contributed by atoms with Crippen LogP contribution >= 0.6 is 0 Å². The second kappa shape index (κ2) is 10.8. The van der Waals surface area contributed by atoms with E-state index in [0.717, 1.165) is 43.4 Å². The third-order valence-electron chi connectivity index (χ3n) is 5.41. The average molecular weight is 402 g/mol. The molecule has 1 aromatic rings. The third-order valence-corrected chi connectivity index (χ3v) is 5.41. The molecule has 160 valence electrons. The summed E-state index contributed by atoms with van der Waals surface area (Å²) in [7, 11) is 5.38. The van der Waals surface area contributed by atoms with Crippen LogP contribution in [0.25, 0.3) is 0 Å². The highest BCUT2D eigenvalue weighted by Gasteiger charge is 2.42. The summed E-state index contributed by atoms with van der Waals surface area (Å²) in [6.45, 7) is 3.18. The van der Waals surface area contributed by atoms with Crippen molar-refractivity contribution in [1.29, 1.82) is 0 Å².